The van der Waals surface area contributed by atoms with Crippen molar-refractivity contribution in [3.63, 3.8) is 0 Å². The molecule has 0 spiro atoms. The van der Waals surface area contributed by atoms with Gasteiger partial charge in [-0.3, -0.25) is 0 Å². The van der Waals surface area contributed by atoms with Gasteiger partial charge in [-0.25, -0.2) is 14.2 Å². The lowest BCUT2D eigenvalue weighted by molar-refractivity contribution is 0.0681. The van der Waals surface area contributed by atoms with Crippen LogP contribution in [-0.4, -0.2) is 48.3 Å². The third kappa shape index (κ3) is 3.62. The fraction of sp³-hybridized carbons (Fsp3) is 0.364. The number of halogens is 2. The van der Waals surface area contributed by atoms with Gasteiger partial charge in [-0.1, -0.05) is 23.2 Å². The van der Waals surface area contributed by atoms with Crippen LogP contribution in [0.15, 0.2) is 18.2 Å². The summed E-state index contributed by atoms with van der Waals surface area (Å²) in [6.07, 6.45) is 7.60. The zero-order valence-corrected chi connectivity index (χ0v) is 24.5. The van der Waals surface area contributed by atoms with Crippen molar-refractivity contribution in [3.8, 4) is 11.5 Å². The summed E-state index contributed by atoms with van der Waals surface area (Å²) in [7, 11) is 0. The van der Waals surface area contributed by atoms with E-state index in [-0.39, 0.29) is 26.7 Å². The van der Waals surface area contributed by atoms with Crippen LogP contribution in [0, 0.1) is 0 Å². The second-order valence-electron chi connectivity index (χ2n) is 11.9. The van der Waals surface area contributed by atoms with E-state index in [2.05, 4.69) is 21.6 Å². The van der Waals surface area contributed by atoms with Crippen molar-refractivity contribution in [1.82, 2.24) is 4.58 Å². The van der Waals surface area contributed by atoms with E-state index in [1.807, 2.05) is 0 Å². The van der Waals surface area contributed by atoms with Crippen LogP contribution in [-0.2, 0) is 25.7 Å². The lowest BCUT2D eigenvalue weighted by Crippen LogP contribution is -2.45. The van der Waals surface area contributed by atoms with Gasteiger partial charge in [0.25, 0.3) is 0 Å². The molecule has 0 saturated carbocycles. The molecule has 0 amide bonds. The predicted octanol–water partition coefficient (Wildman–Crippen LogP) is 4.83. The Morgan fingerprint density at radius 3 is 2.31 bits per heavy atom. The summed E-state index contributed by atoms with van der Waals surface area (Å²) in [4.78, 5) is 27.6. The molecule has 0 saturated heterocycles. The SMILES string of the molecule is O=C(O)c1cc(Cl)c(C(=O)O)c(C2=c3cc4c5c(c3Oc3c2cc2c6c3CCCN6CCC2)CCC[N+]=5CCC4)c1Cl. The molecule has 8 rings (SSSR count). The smallest absolute Gasteiger partial charge is 0.337 e. The highest BCUT2D eigenvalue weighted by molar-refractivity contribution is 6.39. The average Bonchev–Trinajstić information content (AvgIpc) is 2.98. The summed E-state index contributed by atoms with van der Waals surface area (Å²) in [5.74, 6) is -1.06. The Bertz CT molecular complexity index is 1910. The second kappa shape index (κ2) is 9.48. The second-order valence-corrected chi connectivity index (χ2v) is 12.7. The number of aromatic carboxylic acids is 2. The standard InChI is InChI=1S/C33H28Cl2N2O5/c34-23-15-22(32(38)39)27(35)26(25(23)33(40)41)24-20-13-16-5-1-9-36-11-3-7-18(28(16)36)30(20)42-31-19-8-4-12-37-10-2-6-17(29(19)37)14-21(24)31/h13-15H,1-12H2,(H-,38,39,40,41)/p+1. The van der Waals surface area contributed by atoms with Gasteiger partial charge >= 0.3 is 11.9 Å². The molecular weight excluding hydrogens is 575 g/mol. The summed E-state index contributed by atoms with van der Waals surface area (Å²) in [5, 5.41) is 22.2. The normalized spacial score (nSPS) is 18.0. The van der Waals surface area contributed by atoms with Crippen LogP contribution in [0.5, 0.6) is 11.5 Å². The van der Waals surface area contributed by atoms with E-state index < -0.39 is 11.9 Å². The van der Waals surface area contributed by atoms with Crippen molar-refractivity contribution in [2.24, 2.45) is 0 Å². The molecular formula is C33H29Cl2N2O5+. The number of fused-ring (bicyclic) bond motifs is 4. The Labute approximate surface area is 252 Å². The maximum Gasteiger partial charge on any atom is 0.337 e. The number of hydrogen-bond donors (Lipinski definition) is 2. The van der Waals surface area contributed by atoms with Crippen LogP contribution in [0.4, 0.5) is 5.69 Å². The number of nitrogens with zero attached hydrogens (tertiary/aromatic N) is 2. The zero-order valence-electron chi connectivity index (χ0n) is 23.0. The number of carbonyl (C=O) groups is 2. The van der Waals surface area contributed by atoms with E-state index in [0.717, 1.165) is 117 Å². The highest BCUT2D eigenvalue weighted by Gasteiger charge is 2.38. The van der Waals surface area contributed by atoms with Gasteiger partial charge in [0.1, 0.15) is 24.6 Å². The van der Waals surface area contributed by atoms with Gasteiger partial charge in [0.15, 0.2) is 0 Å². The molecule has 9 heteroatoms. The minimum atomic E-state index is -1.26. The topological polar surface area (TPSA) is 90.1 Å². The van der Waals surface area contributed by atoms with Crippen molar-refractivity contribution in [2.45, 2.75) is 51.4 Å². The number of carboxylic acids is 2. The molecule has 3 aromatic carbocycles. The van der Waals surface area contributed by atoms with Crippen molar-refractivity contribution < 1.29 is 24.5 Å². The van der Waals surface area contributed by atoms with Gasteiger partial charge in [0.05, 0.1) is 26.7 Å². The number of carboxylic acid groups (broad SMARTS) is 2. The maximum atomic E-state index is 12.8. The number of hydrogen-bond acceptors (Lipinski definition) is 4. The average molecular weight is 605 g/mol. The Morgan fingerprint density at radius 1 is 0.833 bits per heavy atom. The minimum Gasteiger partial charge on any atom is -0.478 e. The number of benzene rings is 3. The Morgan fingerprint density at radius 2 is 1.55 bits per heavy atom. The fourth-order valence-electron chi connectivity index (χ4n) is 8.01. The number of anilines is 1. The molecule has 0 fully saturated rings. The molecule has 0 radical (unpaired) electrons. The summed E-state index contributed by atoms with van der Waals surface area (Å²) >= 11 is 13.5. The van der Waals surface area contributed by atoms with Crippen molar-refractivity contribution in [1.29, 1.82) is 0 Å². The molecule has 7 nitrogen and oxygen atoms in total. The van der Waals surface area contributed by atoms with Crippen LogP contribution in [0.2, 0.25) is 10.0 Å². The Balaban J connectivity index is 1.59. The van der Waals surface area contributed by atoms with E-state index in [4.69, 9.17) is 27.9 Å². The Kier molecular flexibility index (Phi) is 5.89. The van der Waals surface area contributed by atoms with Gasteiger partial charge < -0.3 is 19.8 Å². The molecule has 3 aromatic rings. The van der Waals surface area contributed by atoms with Crippen LogP contribution in [0.25, 0.3) is 5.57 Å². The highest BCUT2D eigenvalue weighted by Crippen LogP contribution is 2.50. The van der Waals surface area contributed by atoms with E-state index >= 15 is 0 Å². The molecule has 0 aromatic heterocycles. The summed E-state index contributed by atoms with van der Waals surface area (Å²) in [5.41, 5.74) is 7.03. The van der Waals surface area contributed by atoms with Crippen molar-refractivity contribution >= 4 is 46.4 Å². The molecule has 214 valence electrons. The van der Waals surface area contributed by atoms with Crippen LogP contribution >= 0.6 is 23.2 Å². The molecule has 5 aliphatic rings. The highest BCUT2D eigenvalue weighted by atomic mass is 35.5. The van der Waals surface area contributed by atoms with Gasteiger partial charge in [-0.2, -0.15) is 0 Å². The molecule has 0 atom stereocenters. The molecule has 0 bridgehead atoms. The van der Waals surface area contributed by atoms with Gasteiger partial charge in [0, 0.05) is 64.7 Å². The van der Waals surface area contributed by atoms with Gasteiger partial charge in [-0.15, -0.1) is 0 Å². The molecule has 5 aliphatic heterocycles. The number of ether oxygens (including phenoxy) is 1. The minimum absolute atomic E-state index is 0.126. The molecule has 42 heavy (non-hydrogen) atoms. The first kappa shape index (κ1) is 26.1. The zero-order chi connectivity index (χ0) is 28.9. The Hall–Kier alpha value is -3.55. The summed E-state index contributed by atoms with van der Waals surface area (Å²) in [6.45, 7) is 4.02. The fourth-order valence-corrected chi connectivity index (χ4v) is 8.62. The molecule has 0 aliphatic carbocycles. The monoisotopic (exact) mass is 603 g/mol. The first-order valence-corrected chi connectivity index (χ1v) is 15.5. The van der Waals surface area contributed by atoms with Crippen LogP contribution in [0.3, 0.4) is 0 Å². The summed E-state index contributed by atoms with van der Waals surface area (Å²) in [6, 6.07) is 5.40. The maximum absolute atomic E-state index is 12.8. The van der Waals surface area contributed by atoms with Crippen molar-refractivity contribution in [2.75, 3.05) is 31.1 Å². The first-order valence-electron chi connectivity index (χ1n) is 14.8. The van der Waals surface area contributed by atoms with Crippen LogP contribution < -0.4 is 24.8 Å². The largest absolute Gasteiger partial charge is 0.478 e. The summed E-state index contributed by atoms with van der Waals surface area (Å²) < 4.78 is 9.46. The van der Waals surface area contributed by atoms with Crippen molar-refractivity contribution in [3.05, 3.63) is 83.3 Å². The van der Waals surface area contributed by atoms with Gasteiger partial charge in [-0.05, 0) is 62.3 Å². The first-order chi connectivity index (χ1) is 20.3. The predicted molar refractivity (Wildman–Crippen MR) is 161 cm³/mol. The van der Waals surface area contributed by atoms with Gasteiger partial charge in [0.2, 0.25) is 5.36 Å². The van der Waals surface area contributed by atoms with E-state index in [0.29, 0.717) is 5.57 Å². The lowest BCUT2D eigenvalue weighted by atomic mass is 9.81. The third-order valence-electron chi connectivity index (χ3n) is 9.60. The third-order valence-corrected chi connectivity index (χ3v) is 10.3. The number of aryl methyl sites for hydroxylation is 2. The van der Waals surface area contributed by atoms with Crippen LogP contribution in [0.1, 0.15) is 79.8 Å². The lowest BCUT2D eigenvalue weighted by Gasteiger charge is -2.39. The molecule has 0 unspecified atom stereocenters. The van der Waals surface area contributed by atoms with E-state index in [1.54, 1.807) is 0 Å². The number of rotatable bonds is 3. The molecule has 2 N–H and O–H groups in total. The van der Waals surface area contributed by atoms with E-state index in [1.165, 1.54) is 22.2 Å². The molecule has 5 heterocycles. The van der Waals surface area contributed by atoms with E-state index in [9.17, 15) is 19.8 Å². The quantitative estimate of drug-likeness (QED) is 0.326.